The van der Waals surface area contributed by atoms with Crippen molar-refractivity contribution >= 4 is 5.91 Å². The quantitative estimate of drug-likeness (QED) is 0.810. The summed E-state index contributed by atoms with van der Waals surface area (Å²) in [6, 6.07) is 3.87. The Morgan fingerprint density at radius 3 is 2.89 bits per heavy atom. The first kappa shape index (κ1) is 18.2. The molecule has 2 aliphatic rings. The second-order valence-electron chi connectivity index (χ2n) is 7.78. The molecule has 1 aliphatic carbocycles. The minimum absolute atomic E-state index is 0.0153. The summed E-state index contributed by atoms with van der Waals surface area (Å²) in [5.41, 5.74) is 2.57. The Hall–Kier alpha value is -2.15. The van der Waals surface area contributed by atoms with Crippen molar-refractivity contribution < 1.29 is 9.53 Å². The largest absolute Gasteiger partial charge is 0.374 e. The fourth-order valence-corrected chi connectivity index (χ4v) is 4.25. The van der Waals surface area contributed by atoms with E-state index in [1.165, 1.54) is 25.7 Å². The second-order valence-corrected chi connectivity index (χ2v) is 7.78. The number of hydrogen-bond donors (Lipinski definition) is 0. The Morgan fingerprint density at radius 2 is 2.11 bits per heavy atom. The maximum absolute atomic E-state index is 13.3. The Bertz CT molecular complexity index is 790. The lowest BCUT2D eigenvalue weighted by atomic mass is 10.1. The number of aryl methyl sites for hydroxylation is 2. The number of carbonyl (C=O) groups is 1. The molecule has 27 heavy (non-hydrogen) atoms. The van der Waals surface area contributed by atoms with Crippen LogP contribution in [0.5, 0.6) is 0 Å². The molecular weight excluding hydrogens is 342 g/mol. The molecular formula is C20H29N5O2. The predicted octanol–water partition coefficient (Wildman–Crippen LogP) is 2.64. The zero-order chi connectivity index (χ0) is 18.8. The van der Waals surface area contributed by atoms with Crippen molar-refractivity contribution in [3.8, 4) is 0 Å². The highest BCUT2D eigenvalue weighted by molar-refractivity contribution is 5.92. The number of nitrogens with zero attached hydrogens (tertiary/aromatic N) is 5. The molecule has 2 aromatic rings. The first-order valence-corrected chi connectivity index (χ1v) is 10.1. The van der Waals surface area contributed by atoms with Gasteiger partial charge in [-0.25, -0.2) is 0 Å². The van der Waals surface area contributed by atoms with Gasteiger partial charge in [0, 0.05) is 25.9 Å². The van der Waals surface area contributed by atoms with Crippen LogP contribution in [0.15, 0.2) is 18.3 Å². The summed E-state index contributed by atoms with van der Waals surface area (Å²) in [7, 11) is 0. The van der Waals surface area contributed by atoms with Crippen molar-refractivity contribution in [2.75, 3.05) is 13.2 Å². The average molecular weight is 371 g/mol. The first-order valence-electron chi connectivity index (χ1n) is 10.1. The fourth-order valence-electron chi connectivity index (χ4n) is 4.25. The number of amides is 1. The van der Waals surface area contributed by atoms with E-state index < -0.39 is 0 Å². The number of aromatic nitrogens is 4. The molecule has 0 radical (unpaired) electrons. The zero-order valence-electron chi connectivity index (χ0n) is 16.3. The molecule has 1 atom stereocenters. The summed E-state index contributed by atoms with van der Waals surface area (Å²) in [6.07, 6.45) is 6.92. The molecule has 7 nitrogen and oxygen atoms in total. The third-order valence-electron chi connectivity index (χ3n) is 5.71. The van der Waals surface area contributed by atoms with E-state index in [9.17, 15) is 4.79 Å². The maximum atomic E-state index is 13.3. The van der Waals surface area contributed by atoms with Gasteiger partial charge < -0.3 is 9.64 Å². The van der Waals surface area contributed by atoms with E-state index in [2.05, 4.69) is 10.2 Å². The minimum atomic E-state index is -0.0326. The molecule has 1 saturated carbocycles. The van der Waals surface area contributed by atoms with Crippen LogP contribution in [-0.4, -0.2) is 49.6 Å². The Kier molecular flexibility index (Phi) is 5.29. The smallest absolute Gasteiger partial charge is 0.272 e. The molecule has 0 spiro atoms. The predicted molar refractivity (Wildman–Crippen MR) is 101 cm³/mol. The molecule has 0 unspecified atom stereocenters. The van der Waals surface area contributed by atoms with E-state index in [-0.39, 0.29) is 12.0 Å². The molecule has 7 heteroatoms. The third kappa shape index (κ3) is 3.93. The van der Waals surface area contributed by atoms with Crippen LogP contribution >= 0.6 is 0 Å². The summed E-state index contributed by atoms with van der Waals surface area (Å²) in [6.45, 7) is 7.24. The van der Waals surface area contributed by atoms with Crippen LogP contribution in [0.1, 0.15) is 54.5 Å². The lowest BCUT2D eigenvalue weighted by Crippen LogP contribution is -2.38. The summed E-state index contributed by atoms with van der Waals surface area (Å²) in [5, 5.41) is 8.86. The molecule has 3 heterocycles. The molecule has 1 amide bonds. The van der Waals surface area contributed by atoms with Gasteiger partial charge in [0.1, 0.15) is 5.69 Å². The van der Waals surface area contributed by atoms with E-state index in [4.69, 9.17) is 4.74 Å². The Balaban J connectivity index is 1.52. The second kappa shape index (κ2) is 7.84. The SMILES string of the molecule is CCn1nc(C)cc1C(=O)N1Cc2ccnn2C[C@H](OCC2CCCC2)C1. The molecule has 4 rings (SSSR count). The summed E-state index contributed by atoms with van der Waals surface area (Å²) in [4.78, 5) is 15.2. The highest BCUT2D eigenvalue weighted by Gasteiger charge is 2.29. The number of rotatable bonds is 5. The highest BCUT2D eigenvalue weighted by Crippen LogP contribution is 2.26. The van der Waals surface area contributed by atoms with E-state index >= 15 is 0 Å². The topological polar surface area (TPSA) is 65.2 Å². The molecule has 0 aromatic carbocycles. The van der Waals surface area contributed by atoms with Gasteiger partial charge >= 0.3 is 0 Å². The van der Waals surface area contributed by atoms with Crippen molar-refractivity contribution in [3.05, 3.63) is 35.4 Å². The molecule has 1 aliphatic heterocycles. The Morgan fingerprint density at radius 1 is 1.30 bits per heavy atom. The van der Waals surface area contributed by atoms with E-state index in [1.807, 2.05) is 35.6 Å². The number of fused-ring (bicyclic) bond motifs is 1. The van der Waals surface area contributed by atoms with E-state index in [0.717, 1.165) is 18.0 Å². The number of carbonyl (C=O) groups excluding carboxylic acids is 1. The summed E-state index contributed by atoms with van der Waals surface area (Å²) >= 11 is 0. The normalized spacial score (nSPS) is 20.7. The van der Waals surface area contributed by atoms with Gasteiger partial charge in [0.15, 0.2) is 0 Å². The van der Waals surface area contributed by atoms with Crippen LogP contribution in [0.25, 0.3) is 0 Å². The van der Waals surface area contributed by atoms with Crippen LogP contribution in [0.3, 0.4) is 0 Å². The zero-order valence-corrected chi connectivity index (χ0v) is 16.3. The van der Waals surface area contributed by atoms with Crippen LogP contribution in [0.4, 0.5) is 0 Å². The van der Waals surface area contributed by atoms with Gasteiger partial charge in [0.05, 0.1) is 30.6 Å². The van der Waals surface area contributed by atoms with E-state index in [1.54, 1.807) is 10.9 Å². The molecule has 1 fully saturated rings. The average Bonchev–Trinajstić information content (AvgIpc) is 3.38. The van der Waals surface area contributed by atoms with Crippen molar-refractivity contribution in [2.24, 2.45) is 5.92 Å². The van der Waals surface area contributed by atoms with Gasteiger partial charge in [0.2, 0.25) is 0 Å². The van der Waals surface area contributed by atoms with Crippen LogP contribution in [-0.2, 0) is 24.4 Å². The maximum Gasteiger partial charge on any atom is 0.272 e. The third-order valence-corrected chi connectivity index (χ3v) is 5.71. The lowest BCUT2D eigenvalue weighted by Gasteiger charge is -2.25. The summed E-state index contributed by atoms with van der Waals surface area (Å²) < 4.78 is 10.0. The molecule has 0 N–H and O–H groups in total. The minimum Gasteiger partial charge on any atom is -0.374 e. The van der Waals surface area contributed by atoms with E-state index in [0.29, 0.717) is 37.8 Å². The van der Waals surface area contributed by atoms with Crippen LogP contribution in [0.2, 0.25) is 0 Å². The van der Waals surface area contributed by atoms with Crippen molar-refractivity contribution in [3.63, 3.8) is 0 Å². The van der Waals surface area contributed by atoms with Gasteiger partial charge in [-0.3, -0.25) is 14.2 Å². The highest BCUT2D eigenvalue weighted by atomic mass is 16.5. The Labute approximate surface area is 160 Å². The van der Waals surface area contributed by atoms with Crippen LogP contribution < -0.4 is 0 Å². The number of hydrogen-bond acceptors (Lipinski definition) is 4. The van der Waals surface area contributed by atoms with Crippen molar-refractivity contribution in [1.82, 2.24) is 24.5 Å². The van der Waals surface area contributed by atoms with Gasteiger partial charge in [-0.15, -0.1) is 0 Å². The molecule has 0 saturated heterocycles. The number of ether oxygens (including phenoxy) is 1. The van der Waals surface area contributed by atoms with Gasteiger partial charge in [-0.1, -0.05) is 12.8 Å². The summed E-state index contributed by atoms with van der Waals surface area (Å²) in [5.74, 6) is 0.681. The van der Waals surface area contributed by atoms with Gasteiger partial charge in [-0.2, -0.15) is 10.2 Å². The molecule has 2 aromatic heterocycles. The molecule has 0 bridgehead atoms. The van der Waals surface area contributed by atoms with Crippen LogP contribution in [0, 0.1) is 12.8 Å². The fraction of sp³-hybridized carbons (Fsp3) is 0.650. The first-order chi connectivity index (χ1) is 13.1. The van der Waals surface area contributed by atoms with Gasteiger partial charge in [0.25, 0.3) is 5.91 Å². The van der Waals surface area contributed by atoms with Crippen molar-refractivity contribution in [2.45, 2.75) is 65.3 Å². The van der Waals surface area contributed by atoms with Crippen molar-refractivity contribution in [1.29, 1.82) is 0 Å². The lowest BCUT2D eigenvalue weighted by molar-refractivity contribution is 0.00266. The van der Waals surface area contributed by atoms with Gasteiger partial charge in [-0.05, 0) is 44.7 Å². The molecule has 146 valence electrons. The monoisotopic (exact) mass is 371 g/mol. The standard InChI is InChI=1S/C20H29N5O2/c1-3-24-19(10-15(2)22-24)20(26)23-11-17-8-9-21-25(17)13-18(12-23)27-14-16-6-4-5-7-16/h8-10,16,18H,3-7,11-14H2,1-2H3/t18-/m1/s1.